The molecule has 10 heteroatoms. The fourth-order valence-electron chi connectivity index (χ4n) is 4.87. The van der Waals surface area contributed by atoms with Crippen molar-refractivity contribution in [2.24, 2.45) is 7.05 Å². The molecule has 0 radical (unpaired) electrons. The summed E-state index contributed by atoms with van der Waals surface area (Å²) in [5, 5.41) is 3.65. The number of ether oxygens (including phenoxy) is 2. The first kappa shape index (κ1) is 21.5. The number of rotatable bonds is 5. The summed E-state index contributed by atoms with van der Waals surface area (Å²) in [6.45, 7) is 7.22. The predicted molar refractivity (Wildman–Crippen MR) is 129 cm³/mol. The molecule has 0 spiro atoms. The number of hydrogen-bond acceptors (Lipinski definition) is 8. The molecule has 2 aliphatic heterocycles. The van der Waals surface area contributed by atoms with E-state index >= 15 is 0 Å². The Hall–Kier alpha value is -3.08. The number of para-hydroxylation sites is 2. The van der Waals surface area contributed by atoms with Gasteiger partial charge in [-0.1, -0.05) is 12.1 Å². The molecule has 0 aliphatic carbocycles. The molecule has 34 heavy (non-hydrogen) atoms. The number of hydrogen-bond donors (Lipinski definition) is 1. The molecule has 4 aromatic rings. The third-order valence-corrected chi connectivity index (χ3v) is 6.79. The van der Waals surface area contributed by atoms with Crippen LogP contribution in [0, 0.1) is 6.92 Å². The first-order valence-electron chi connectivity index (χ1n) is 12.0. The van der Waals surface area contributed by atoms with Gasteiger partial charge < -0.3 is 24.3 Å². The minimum absolute atomic E-state index is 0.453. The quantitative estimate of drug-likeness (QED) is 0.482. The van der Waals surface area contributed by atoms with Gasteiger partial charge in [0.2, 0.25) is 5.95 Å². The highest BCUT2D eigenvalue weighted by Gasteiger charge is 2.24. The lowest BCUT2D eigenvalue weighted by atomic mass is 10.1. The minimum atomic E-state index is 0.453. The van der Waals surface area contributed by atoms with Gasteiger partial charge in [-0.25, -0.2) is 9.97 Å². The second kappa shape index (κ2) is 8.94. The summed E-state index contributed by atoms with van der Waals surface area (Å²) in [7, 11) is 2.04. The maximum Gasteiger partial charge on any atom is 0.239 e. The zero-order valence-corrected chi connectivity index (χ0v) is 19.7. The van der Waals surface area contributed by atoms with Crippen molar-refractivity contribution in [1.82, 2.24) is 34.4 Å². The topological polar surface area (TPSA) is 95.2 Å². The Balaban J connectivity index is 1.46. The molecule has 0 saturated carbocycles. The highest BCUT2D eigenvalue weighted by Crippen LogP contribution is 2.28. The van der Waals surface area contributed by atoms with Gasteiger partial charge in [0.05, 0.1) is 30.8 Å². The van der Waals surface area contributed by atoms with Crippen molar-refractivity contribution in [1.29, 1.82) is 0 Å². The molecule has 0 bridgehead atoms. The zero-order valence-electron chi connectivity index (χ0n) is 19.7. The molecule has 1 N–H and O–H groups in total. The molecule has 178 valence electrons. The van der Waals surface area contributed by atoms with Crippen molar-refractivity contribution in [3.05, 3.63) is 35.9 Å². The van der Waals surface area contributed by atoms with E-state index < -0.39 is 0 Å². The largest absolute Gasteiger partial charge is 0.381 e. The summed E-state index contributed by atoms with van der Waals surface area (Å²) < 4.78 is 15.2. The van der Waals surface area contributed by atoms with Gasteiger partial charge in [0.15, 0.2) is 17.0 Å². The van der Waals surface area contributed by atoms with Crippen LogP contribution in [0.15, 0.2) is 24.3 Å². The SMILES string of the molecule is Cc1nc2ccccc2n1-c1nc(N2CCOCC2)c2nc(CNC3CCOCC3)n(C)c2n1. The Bertz CT molecular complexity index is 1320. The summed E-state index contributed by atoms with van der Waals surface area (Å²) in [5.74, 6) is 3.28. The highest BCUT2D eigenvalue weighted by atomic mass is 16.5. The van der Waals surface area contributed by atoms with Gasteiger partial charge in [0.25, 0.3) is 0 Å². The Morgan fingerprint density at radius 3 is 2.56 bits per heavy atom. The van der Waals surface area contributed by atoms with E-state index in [4.69, 9.17) is 29.4 Å². The minimum Gasteiger partial charge on any atom is -0.381 e. The van der Waals surface area contributed by atoms with Gasteiger partial charge in [0.1, 0.15) is 11.6 Å². The van der Waals surface area contributed by atoms with Crippen LogP contribution >= 0.6 is 0 Å². The number of aromatic nitrogens is 6. The number of benzene rings is 1. The number of aryl methyl sites for hydroxylation is 2. The third kappa shape index (κ3) is 3.81. The van der Waals surface area contributed by atoms with E-state index in [9.17, 15) is 0 Å². The Morgan fingerprint density at radius 1 is 0.971 bits per heavy atom. The lowest BCUT2D eigenvalue weighted by Gasteiger charge is -2.28. The molecule has 0 unspecified atom stereocenters. The zero-order chi connectivity index (χ0) is 23.1. The monoisotopic (exact) mass is 462 g/mol. The average molecular weight is 463 g/mol. The Morgan fingerprint density at radius 2 is 1.74 bits per heavy atom. The molecule has 2 aliphatic rings. The van der Waals surface area contributed by atoms with E-state index in [-0.39, 0.29) is 0 Å². The lowest BCUT2D eigenvalue weighted by Crippen LogP contribution is -2.37. The molecule has 3 aromatic heterocycles. The van der Waals surface area contributed by atoms with Crippen LogP contribution in [0.5, 0.6) is 0 Å². The van der Waals surface area contributed by atoms with Crippen LogP contribution in [0.1, 0.15) is 24.5 Å². The molecular weight excluding hydrogens is 432 g/mol. The standard InChI is InChI=1S/C24H30N8O2/c1-16-26-18-5-3-4-6-19(18)32(16)24-28-22-21(23(29-24)31-9-13-34-14-10-31)27-20(30(22)2)15-25-17-7-11-33-12-8-17/h3-6,17,25H,7-15H2,1-2H3. The number of fused-ring (bicyclic) bond motifs is 2. The summed E-state index contributed by atoms with van der Waals surface area (Å²) in [6.07, 6.45) is 2.06. The van der Waals surface area contributed by atoms with E-state index in [0.29, 0.717) is 31.7 Å². The lowest BCUT2D eigenvalue weighted by molar-refractivity contribution is 0.0774. The smallest absolute Gasteiger partial charge is 0.239 e. The summed E-state index contributed by atoms with van der Waals surface area (Å²) in [6, 6.07) is 8.55. The van der Waals surface area contributed by atoms with Crippen LogP contribution in [0.2, 0.25) is 0 Å². The van der Waals surface area contributed by atoms with Crippen LogP contribution in [0.3, 0.4) is 0 Å². The van der Waals surface area contributed by atoms with Gasteiger partial charge in [-0.15, -0.1) is 0 Å². The number of morpholine rings is 1. The van der Waals surface area contributed by atoms with E-state index in [1.54, 1.807) is 0 Å². The molecule has 10 nitrogen and oxygen atoms in total. The fourth-order valence-corrected chi connectivity index (χ4v) is 4.87. The number of nitrogens with one attached hydrogen (secondary N) is 1. The Labute approximate surface area is 197 Å². The first-order valence-corrected chi connectivity index (χ1v) is 12.0. The van der Waals surface area contributed by atoms with E-state index in [0.717, 1.165) is 78.8 Å². The van der Waals surface area contributed by atoms with Crippen LogP contribution in [-0.2, 0) is 23.1 Å². The average Bonchev–Trinajstić information content (AvgIpc) is 3.39. The van der Waals surface area contributed by atoms with Crippen LogP contribution in [0.25, 0.3) is 28.1 Å². The van der Waals surface area contributed by atoms with Crippen molar-refractivity contribution in [3.8, 4) is 5.95 Å². The Kier molecular flexibility index (Phi) is 5.64. The van der Waals surface area contributed by atoms with E-state index in [2.05, 4.69) is 20.9 Å². The number of anilines is 1. The second-order valence-corrected chi connectivity index (χ2v) is 8.96. The molecule has 2 fully saturated rings. The molecule has 1 aromatic carbocycles. The second-order valence-electron chi connectivity index (χ2n) is 8.96. The molecule has 6 rings (SSSR count). The maximum absolute atomic E-state index is 5.60. The molecule has 0 amide bonds. The van der Waals surface area contributed by atoms with Crippen molar-refractivity contribution < 1.29 is 9.47 Å². The van der Waals surface area contributed by atoms with Gasteiger partial charge >= 0.3 is 0 Å². The normalized spacial score (nSPS) is 17.8. The van der Waals surface area contributed by atoms with Crippen molar-refractivity contribution >= 4 is 28.0 Å². The van der Waals surface area contributed by atoms with Gasteiger partial charge in [0, 0.05) is 39.4 Å². The summed E-state index contributed by atoms with van der Waals surface area (Å²) in [4.78, 5) is 22.1. The molecule has 2 saturated heterocycles. The van der Waals surface area contributed by atoms with Gasteiger partial charge in [-0.3, -0.25) is 4.57 Å². The predicted octanol–water partition coefficient (Wildman–Crippen LogP) is 2.12. The molecular formula is C24H30N8O2. The van der Waals surface area contributed by atoms with Gasteiger partial charge in [-0.05, 0) is 31.9 Å². The first-order chi connectivity index (χ1) is 16.7. The number of imidazole rings is 2. The molecule has 0 atom stereocenters. The summed E-state index contributed by atoms with van der Waals surface area (Å²) in [5.41, 5.74) is 3.59. The van der Waals surface area contributed by atoms with E-state index in [1.165, 1.54) is 0 Å². The van der Waals surface area contributed by atoms with Crippen molar-refractivity contribution in [2.75, 3.05) is 44.4 Å². The number of nitrogens with zero attached hydrogens (tertiary/aromatic N) is 7. The highest BCUT2D eigenvalue weighted by molar-refractivity contribution is 5.86. The van der Waals surface area contributed by atoms with Crippen molar-refractivity contribution in [2.45, 2.75) is 32.4 Å². The maximum atomic E-state index is 5.60. The summed E-state index contributed by atoms with van der Waals surface area (Å²) >= 11 is 0. The van der Waals surface area contributed by atoms with Crippen LogP contribution < -0.4 is 10.2 Å². The molecule has 5 heterocycles. The fraction of sp³-hybridized carbons (Fsp3) is 0.500. The third-order valence-electron chi connectivity index (χ3n) is 6.79. The van der Waals surface area contributed by atoms with Crippen LogP contribution in [0.4, 0.5) is 5.82 Å². The van der Waals surface area contributed by atoms with Crippen molar-refractivity contribution in [3.63, 3.8) is 0 Å². The van der Waals surface area contributed by atoms with E-state index in [1.807, 2.05) is 36.7 Å². The van der Waals surface area contributed by atoms with Gasteiger partial charge in [-0.2, -0.15) is 9.97 Å². The van der Waals surface area contributed by atoms with Crippen LogP contribution in [-0.4, -0.2) is 74.6 Å².